The average molecular weight is 264 g/mol. The summed E-state index contributed by atoms with van der Waals surface area (Å²) in [6.07, 6.45) is 0. The van der Waals surface area contributed by atoms with Gasteiger partial charge in [-0.05, 0) is 5.92 Å². The SMILES string of the molecule is CC1[C@H](C(=O)c2ccccc2)[C@H]1C(=O)c1ccccc1. The number of Topliss-reactive ketones (excluding diaryl/α,β-unsaturated/α-hetero) is 2. The molecule has 0 unspecified atom stereocenters. The third-order valence-corrected chi connectivity index (χ3v) is 4.10. The van der Waals surface area contributed by atoms with Crippen LogP contribution in [0.3, 0.4) is 0 Å². The maximum absolute atomic E-state index is 12.4. The molecule has 2 aromatic rings. The van der Waals surface area contributed by atoms with Crippen LogP contribution in [0, 0.1) is 17.8 Å². The Hall–Kier alpha value is -2.22. The van der Waals surface area contributed by atoms with E-state index in [0.717, 1.165) is 0 Å². The molecule has 2 atom stereocenters. The monoisotopic (exact) mass is 264 g/mol. The predicted molar refractivity (Wildman–Crippen MR) is 77.7 cm³/mol. The van der Waals surface area contributed by atoms with Crippen molar-refractivity contribution in [3.8, 4) is 0 Å². The highest BCUT2D eigenvalue weighted by atomic mass is 16.1. The smallest absolute Gasteiger partial charge is 0.166 e. The summed E-state index contributed by atoms with van der Waals surface area (Å²) < 4.78 is 0. The van der Waals surface area contributed by atoms with E-state index < -0.39 is 0 Å². The molecule has 1 aliphatic rings. The van der Waals surface area contributed by atoms with Crippen molar-refractivity contribution in [3.05, 3.63) is 71.8 Å². The Balaban J connectivity index is 1.78. The summed E-state index contributed by atoms with van der Waals surface area (Å²) in [5.74, 6) is -0.00890. The average Bonchev–Trinajstić information content (AvgIpc) is 3.18. The first-order valence-corrected chi connectivity index (χ1v) is 6.88. The molecule has 0 spiro atoms. The second-order valence-corrected chi connectivity index (χ2v) is 5.37. The Morgan fingerprint density at radius 2 is 1.05 bits per heavy atom. The molecule has 1 saturated carbocycles. The Morgan fingerprint density at radius 3 is 1.40 bits per heavy atom. The van der Waals surface area contributed by atoms with Crippen molar-refractivity contribution in [3.63, 3.8) is 0 Å². The maximum atomic E-state index is 12.4. The second-order valence-electron chi connectivity index (χ2n) is 5.37. The van der Waals surface area contributed by atoms with Gasteiger partial charge in [0.15, 0.2) is 11.6 Å². The van der Waals surface area contributed by atoms with Gasteiger partial charge in [-0.15, -0.1) is 0 Å². The highest BCUT2D eigenvalue weighted by molar-refractivity contribution is 6.08. The fourth-order valence-corrected chi connectivity index (χ4v) is 2.86. The van der Waals surface area contributed by atoms with Crippen molar-refractivity contribution in [1.82, 2.24) is 0 Å². The standard InChI is InChI=1S/C18H16O2/c1-12-15(17(19)13-8-4-2-5-9-13)16(12)18(20)14-10-6-3-7-11-14/h2-12,15-16H,1H3/t15-,16-/m0/s1. The van der Waals surface area contributed by atoms with Gasteiger partial charge in [-0.25, -0.2) is 0 Å². The predicted octanol–water partition coefficient (Wildman–Crippen LogP) is 3.63. The Kier molecular flexibility index (Phi) is 3.23. The van der Waals surface area contributed by atoms with Crippen LogP contribution in [-0.4, -0.2) is 11.6 Å². The van der Waals surface area contributed by atoms with Gasteiger partial charge in [0.25, 0.3) is 0 Å². The minimum absolute atomic E-state index is 0.0902. The van der Waals surface area contributed by atoms with E-state index in [9.17, 15) is 9.59 Å². The lowest BCUT2D eigenvalue weighted by Gasteiger charge is -2.00. The third-order valence-electron chi connectivity index (χ3n) is 4.10. The van der Waals surface area contributed by atoms with Crippen molar-refractivity contribution in [2.75, 3.05) is 0 Å². The number of hydrogen-bond donors (Lipinski definition) is 0. The first-order valence-electron chi connectivity index (χ1n) is 6.88. The van der Waals surface area contributed by atoms with E-state index in [1.165, 1.54) is 0 Å². The summed E-state index contributed by atoms with van der Waals surface area (Å²) in [6, 6.07) is 18.5. The fraction of sp³-hybridized carbons (Fsp3) is 0.222. The molecular weight excluding hydrogens is 248 g/mol. The zero-order chi connectivity index (χ0) is 14.1. The van der Waals surface area contributed by atoms with Crippen LogP contribution in [0.25, 0.3) is 0 Å². The van der Waals surface area contributed by atoms with Gasteiger partial charge in [0, 0.05) is 23.0 Å². The van der Waals surface area contributed by atoms with Gasteiger partial charge in [-0.1, -0.05) is 67.6 Å². The van der Waals surface area contributed by atoms with Crippen LogP contribution < -0.4 is 0 Å². The molecule has 0 saturated heterocycles. The zero-order valence-electron chi connectivity index (χ0n) is 11.3. The van der Waals surface area contributed by atoms with Gasteiger partial charge in [0.2, 0.25) is 0 Å². The van der Waals surface area contributed by atoms with Gasteiger partial charge >= 0.3 is 0 Å². The fourth-order valence-electron chi connectivity index (χ4n) is 2.86. The number of rotatable bonds is 4. The normalized spacial score (nSPS) is 24.1. The molecule has 100 valence electrons. The molecular formula is C18H16O2. The van der Waals surface area contributed by atoms with Gasteiger partial charge in [0.05, 0.1) is 0 Å². The Bertz CT molecular complexity index is 573. The second kappa shape index (κ2) is 5.04. The Labute approximate surface area is 118 Å². The largest absolute Gasteiger partial charge is 0.294 e. The molecule has 0 amide bonds. The maximum Gasteiger partial charge on any atom is 0.166 e. The van der Waals surface area contributed by atoms with Crippen molar-refractivity contribution in [1.29, 1.82) is 0 Å². The van der Waals surface area contributed by atoms with E-state index in [0.29, 0.717) is 11.1 Å². The lowest BCUT2D eigenvalue weighted by molar-refractivity contribution is 0.0906. The van der Waals surface area contributed by atoms with Crippen LogP contribution in [0.1, 0.15) is 27.6 Å². The number of carbonyl (C=O) groups is 2. The molecule has 1 aliphatic carbocycles. The summed E-state index contributed by atoms with van der Waals surface area (Å²) in [5, 5.41) is 0. The molecule has 20 heavy (non-hydrogen) atoms. The lowest BCUT2D eigenvalue weighted by Crippen LogP contribution is -2.09. The van der Waals surface area contributed by atoms with Crippen molar-refractivity contribution >= 4 is 11.6 Å². The number of benzene rings is 2. The van der Waals surface area contributed by atoms with Crippen LogP contribution in [0.2, 0.25) is 0 Å². The van der Waals surface area contributed by atoms with Gasteiger partial charge < -0.3 is 0 Å². The van der Waals surface area contributed by atoms with Crippen molar-refractivity contribution in [2.24, 2.45) is 17.8 Å². The molecule has 0 heterocycles. The summed E-state index contributed by atoms with van der Waals surface area (Å²) in [5.41, 5.74) is 1.40. The highest BCUT2D eigenvalue weighted by Crippen LogP contribution is 2.49. The lowest BCUT2D eigenvalue weighted by atomic mass is 10.0. The molecule has 3 rings (SSSR count). The molecule has 0 radical (unpaired) electrons. The van der Waals surface area contributed by atoms with Crippen LogP contribution in [-0.2, 0) is 0 Å². The molecule has 0 aliphatic heterocycles. The van der Waals surface area contributed by atoms with E-state index in [-0.39, 0.29) is 29.3 Å². The van der Waals surface area contributed by atoms with Gasteiger partial charge in [0.1, 0.15) is 0 Å². The van der Waals surface area contributed by atoms with E-state index >= 15 is 0 Å². The quantitative estimate of drug-likeness (QED) is 0.790. The van der Waals surface area contributed by atoms with Gasteiger partial charge in [-0.3, -0.25) is 9.59 Å². The summed E-state index contributed by atoms with van der Waals surface area (Å²) >= 11 is 0. The summed E-state index contributed by atoms with van der Waals surface area (Å²) in [6.45, 7) is 1.98. The van der Waals surface area contributed by atoms with Crippen LogP contribution in [0.5, 0.6) is 0 Å². The van der Waals surface area contributed by atoms with E-state index in [4.69, 9.17) is 0 Å². The first-order chi connectivity index (χ1) is 9.70. The van der Waals surface area contributed by atoms with Crippen molar-refractivity contribution in [2.45, 2.75) is 6.92 Å². The molecule has 2 nitrogen and oxygen atoms in total. The molecule has 2 aromatic carbocycles. The van der Waals surface area contributed by atoms with E-state index in [1.54, 1.807) is 0 Å². The van der Waals surface area contributed by atoms with Crippen LogP contribution in [0.4, 0.5) is 0 Å². The summed E-state index contributed by atoms with van der Waals surface area (Å²) in [7, 11) is 0. The molecule has 0 bridgehead atoms. The zero-order valence-corrected chi connectivity index (χ0v) is 11.3. The minimum Gasteiger partial charge on any atom is -0.294 e. The topological polar surface area (TPSA) is 34.1 Å². The molecule has 1 fully saturated rings. The number of ketones is 2. The third kappa shape index (κ3) is 2.18. The first kappa shape index (κ1) is 12.8. The van der Waals surface area contributed by atoms with E-state index in [2.05, 4.69) is 0 Å². The molecule has 0 N–H and O–H groups in total. The molecule has 0 aromatic heterocycles. The van der Waals surface area contributed by atoms with Crippen molar-refractivity contribution < 1.29 is 9.59 Å². The number of hydrogen-bond acceptors (Lipinski definition) is 2. The van der Waals surface area contributed by atoms with Crippen LogP contribution >= 0.6 is 0 Å². The summed E-state index contributed by atoms with van der Waals surface area (Å²) in [4.78, 5) is 24.8. The Morgan fingerprint density at radius 1 is 0.700 bits per heavy atom. The minimum atomic E-state index is -0.162. The highest BCUT2D eigenvalue weighted by Gasteiger charge is 2.55. The van der Waals surface area contributed by atoms with Gasteiger partial charge in [-0.2, -0.15) is 0 Å². The molecule has 2 heteroatoms. The number of carbonyl (C=O) groups excluding carboxylic acids is 2. The van der Waals surface area contributed by atoms with E-state index in [1.807, 2.05) is 67.6 Å². The van der Waals surface area contributed by atoms with Crippen LogP contribution in [0.15, 0.2) is 60.7 Å².